The predicted molar refractivity (Wildman–Crippen MR) is 67.8 cm³/mol. The summed E-state index contributed by atoms with van der Waals surface area (Å²) in [6.07, 6.45) is 1.73. The van der Waals surface area contributed by atoms with Crippen molar-refractivity contribution < 1.29 is 4.79 Å². The highest BCUT2D eigenvalue weighted by atomic mass is 35.5. The van der Waals surface area contributed by atoms with Crippen LogP contribution < -0.4 is 0 Å². The SMILES string of the molecule is C=CCN(CC)C(=O)c1ccc(CCl)cc1. The molecule has 0 fully saturated rings. The molecule has 0 radical (unpaired) electrons. The largest absolute Gasteiger partial charge is 0.335 e. The number of hydrogen-bond acceptors (Lipinski definition) is 1. The lowest BCUT2D eigenvalue weighted by Crippen LogP contribution is -2.30. The molecule has 0 aliphatic heterocycles. The summed E-state index contributed by atoms with van der Waals surface area (Å²) < 4.78 is 0. The fourth-order valence-corrected chi connectivity index (χ4v) is 1.61. The van der Waals surface area contributed by atoms with Crippen LogP contribution in [0.25, 0.3) is 0 Å². The molecule has 16 heavy (non-hydrogen) atoms. The highest BCUT2D eigenvalue weighted by molar-refractivity contribution is 6.17. The fourth-order valence-electron chi connectivity index (χ4n) is 1.43. The number of halogens is 1. The Morgan fingerprint density at radius 1 is 1.44 bits per heavy atom. The van der Waals surface area contributed by atoms with Crippen molar-refractivity contribution in [1.82, 2.24) is 4.90 Å². The van der Waals surface area contributed by atoms with Crippen molar-refractivity contribution >= 4 is 17.5 Å². The number of carbonyl (C=O) groups is 1. The van der Waals surface area contributed by atoms with Gasteiger partial charge < -0.3 is 4.90 Å². The second-order valence-corrected chi connectivity index (χ2v) is 3.73. The Labute approximate surface area is 102 Å². The Morgan fingerprint density at radius 2 is 2.06 bits per heavy atom. The molecule has 3 heteroatoms. The molecule has 0 saturated heterocycles. The van der Waals surface area contributed by atoms with E-state index in [4.69, 9.17) is 11.6 Å². The van der Waals surface area contributed by atoms with Crippen molar-refractivity contribution in [3.8, 4) is 0 Å². The lowest BCUT2D eigenvalue weighted by Gasteiger charge is -2.18. The van der Waals surface area contributed by atoms with Gasteiger partial charge >= 0.3 is 0 Å². The summed E-state index contributed by atoms with van der Waals surface area (Å²) in [7, 11) is 0. The van der Waals surface area contributed by atoms with Crippen molar-refractivity contribution in [2.75, 3.05) is 13.1 Å². The molecule has 86 valence electrons. The molecule has 0 aliphatic carbocycles. The van der Waals surface area contributed by atoms with E-state index in [1.165, 1.54) is 0 Å². The third kappa shape index (κ3) is 3.11. The number of likely N-dealkylation sites (N-methyl/N-ethyl adjacent to an activating group) is 1. The van der Waals surface area contributed by atoms with E-state index in [0.29, 0.717) is 24.5 Å². The van der Waals surface area contributed by atoms with Crippen LogP contribution in [-0.4, -0.2) is 23.9 Å². The molecule has 0 spiro atoms. The molecule has 1 aromatic rings. The summed E-state index contributed by atoms with van der Waals surface area (Å²) in [5, 5.41) is 0. The topological polar surface area (TPSA) is 20.3 Å². The third-order valence-electron chi connectivity index (χ3n) is 2.37. The molecule has 0 N–H and O–H groups in total. The summed E-state index contributed by atoms with van der Waals surface area (Å²) in [6, 6.07) is 7.38. The minimum absolute atomic E-state index is 0.0310. The lowest BCUT2D eigenvalue weighted by atomic mass is 10.1. The van der Waals surface area contributed by atoms with E-state index in [1.807, 2.05) is 31.2 Å². The smallest absolute Gasteiger partial charge is 0.254 e. The number of amides is 1. The molecule has 1 aromatic carbocycles. The molecule has 0 saturated carbocycles. The van der Waals surface area contributed by atoms with Crippen LogP contribution in [-0.2, 0) is 5.88 Å². The maximum Gasteiger partial charge on any atom is 0.254 e. The van der Waals surface area contributed by atoms with Gasteiger partial charge in [0.1, 0.15) is 0 Å². The molecule has 0 heterocycles. The molecular formula is C13H16ClNO. The number of nitrogens with zero attached hydrogens (tertiary/aromatic N) is 1. The van der Waals surface area contributed by atoms with Crippen molar-refractivity contribution in [3.05, 3.63) is 48.0 Å². The maximum absolute atomic E-state index is 12.0. The minimum atomic E-state index is 0.0310. The van der Waals surface area contributed by atoms with E-state index in [2.05, 4.69) is 6.58 Å². The Bertz CT molecular complexity index is 359. The number of carbonyl (C=O) groups excluding carboxylic acids is 1. The van der Waals surface area contributed by atoms with Crippen LogP contribution in [0.1, 0.15) is 22.8 Å². The average molecular weight is 238 g/mol. The van der Waals surface area contributed by atoms with Gasteiger partial charge in [0.25, 0.3) is 5.91 Å². The number of alkyl halides is 1. The standard InChI is InChI=1S/C13H16ClNO/c1-3-9-15(4-2)13(16)12-7-5-11(10-14)6-8-12/h3,5-8H,1,4,9-10H2,2H3. The van der Waals surface area contributed by atoms with Crippen LogP contribution >= 0.6 is 11.6 Å². The first-order valence-corrected chi connectivity index (χ1v) is 5.81. The quantitative estimate of drug-likeness (QED) is 0.569. The van der Waals surface area contributed by atoms with E-state index in [9.17, 15) is 4.79 Å². The van der Waals surface area contributed by atoms with E-state index < -0.39 is 0 Å². The second-order valence-electron chi connectivity index (χ2n) is 3.46. The first-order valence-electron chi connectivity index (χ1n) is 5.28. The van der Waals surface area contributed by atoms with Gasteiger partial charge in [-0.05, 0) is 24.6 Å². The van der Waals surface area contributed by atoms with Gasteiger partial charge in [-0.15, -0.1) is 18.2 Å². The monoisotopic (exact) mass is 237 g/mol. The van der Waals surface area contributed by atoms with Gasteiger partial charge in [-0.1, -0.05) is 18.2 Å². The van der Waals surface area contributed by atoms with Gasteiger partial charge in [-0.3, -0.25) is 4.79 Å². The van der Waals surface area contributed by atoms with Crippen molar-refractivity contribution in [2.45, 2.75) is 12.8 Å². The lowest BCUT2D eigenvalue weighted by molar-refractivity contribution is 0.0782. The van der Waals surface area contributed by atoms with E-state index >= 15 is 0 Å². The van der Waals surface area contributed by atoms with Crippen LogP contribution in [0.15, 0.2) is 36.9 Å². The summed E-state index contributed by atoms with van der Waals surface area (Å²) in [4.78, 5) is 13.7. The Morgan fingerprint density at radius 3 is 2.50 bits per heavy atom. The Balaban J connectivity index is 2.81. The fraction of sp³-hybridized carbons (Fsp3) is 0.308. The van der Waals surface area contributed by atoms with Gasteiger partial charge in [0.05, 0.1) is 0 Å². The van der Waals surface area contributed by atoms with E-state index in [1.54, 1.807) is 11.0 Å². The van der Waals surface area contributed by atoms with Crippen LogP contribution in [0.2, 0.25) is 0 Å². The molecule has 0 aromatic heterocycles. The maximum atomic E-state index is 12.0. The summed E-state index contributed by atoms with van der Waals surface area (Å²) in [5.41, 5.74) is 1.71. The summed E-state index contributed by atoms with van der Waals surface area (Å²) >= 11 is 5.69. The second kappa shape index (κ2) is 6.33. The molecule has 1 amide bonds. The molecule has 1 rings (SSSR count). The van der Waals surface area contributed by atoms with Gasteiger partial charge in [0.15, 0.2) is 0 Å². The number of benzene rings is 1. The number of hydrogen-bond donors (Lipinski definition) is 0. The summed E-state index contributed by atoms with van der Waals surface area (Å²) in [5.74, 6) is 0.502. The first-order chi connectivity index (χ1) is 7.72. The van der Waals surface area contributed by atoms with E-state index in [0.717, 1.165) is 5.56 Å². The molecule has 0 bridgehead atoms. The van der Waals surface area contributed by atoms with Crippen LogP contribution in [0, 0.1) is 0 Å². The zero-order valence-corrected chi connectivity index (χ0v) is 10.2. The predicted octanol–water partition coefficient (Wildman–Crippen LogP) is 3.07. The minimum Gasteiger partial charge on any atom is -0.335 e. The van der Waals surface area contributed by atoms with E-state index in [-0.39, 0.29) is 5.91 Å². The van der Waals surface area contributed by atoms with Gasteiger partial charge in [0, 0.05) is 24.5 Å². The van der Waals surface area contributed by atoms with Gasteiger partial charge in [-0.2, -0.15) is 0 Å². The van der Waals surface area contributed by atoms with Crippen molar-refractivity contribution in [2.24, 2.45) is 0 Å². The molecule has 0 unspecified atom stereocenters. The highest BCUT2D eigenvalue weighted by Gasteiger charge is 2.11. The number of rotatable bonds is 5. The zero-order chi connectivity index (χ0) is 12.0. The van der Waals surface area contributed by atoms with Crippen molar-refractivity contribution in [3.63, 3.8) is 0 Å². The average Bonchev–Trinajstić information content (AvgIpc) is 2.35. The third-order valence-corrected chi connectivity index (χ3v) is 2.68. The van der Waals surface area contributed by atoms with Gasteiger partial charge in [0.2, 0.25) is 0 Å². The first kappa shape index (κ1) is 12.8. The normalized spacial score (nSPS) is 9.88. The summed E-state index contributed by atoms with van der Waals surface area (Å²) in [6.45, 7) is 6.85. The molecule has 0 aliphatic rings. The zero-order valence-electron chi connectivity index (χ0n) is 9.45. The molecule has 0 atom stereocenters. The van der Waals surface area contributed by atoms with Gasteiger partial charge in [-0.25, -0.2) is 0 Å². The molecule has 2 nitrogen and oxygen atoms in total. The Hall–Kier alpha value is -1.28. The van der Waals surface area contributed by atoms with Crippen LogP contribution in [0.5, 0.6) is 0 Å². The molecular weight excluding hydrogens is 222 g/mol. The van der Waals surface area contributed by atoms with Crippen molar-refractivity contribution in [1.29, 1.82) is 0 Å². The Kier molecular flexibility index (Phi) is 5.06. The van der Waals surface area contributed by atoms with Crippen LogP contribution in [0.4, 0.5) is 0 Å². The van der Waals surface area contributed by atoms with Crippen LogP contribution in [0.3, 0.4) is 0 Å². The highest BCUT2D eigenvalue weighted by Crippen LogP contribution is 2.09.